The number of rotatable bonds is 5. The van der Waals surface area contributed by atoms with Crippen molar-refractivity contribution in [3.63, 3.8) is 0 Å². The first-order chi connectivity index (χ1) is 15.5. The predicted octanol–water partition coefficient (Wildman–Crippen LogP) is 4.02. The van der Waals surface area contributed by atoms with Crippen molar-refractivity contribution in [1.29, 1.82) is 0 Å². The standard InChI is InChI=1S/C24H26FN5O2/c1-3-29-15-26-28-22(29)17-9-7-13-30(14-17)24(32)19-11-6-8-16(2)21(19)27-23(31)18-10-4-5-12-20(18)25/h4-6,8,10-12,15,17H,3,7,9,13-14H2,1-2H3,(H,27,31). The molecule has 1 aliphatic rings. The van der Waals surface area contributed by atoms with Gasteiger partial charge in [0.15, 0.2) is 0 Å². The first-order valence-electron chi connectivity index (χ1n) is 10.8. The minimum Gasteiger partial charge on any atom is -0.338 e. The molecule has 0 spiro atoms. The van der Waals surface area contributed by atoms with Gasteiger partial charge in [0.05, 0.1) is 16.8 Å². The third-order valence-electron chi connectivity index (χ3n) is 5.92. The molecule has 1 aromatic heterocycles. The second-order valence-electron chi connectivity index (χ2n) is 8.00. The number of likely N-dealkylation sites (tertiary alicyclic amines) is 1. The third-order valence-corrected chi connectivity index (χ3v) is 5.92. The quantitative estimate of drug-likeness (QED) is 0.657. The number of anilines is 1. The summed E-state index contributed by atoms with van der Waals surface area (Å²) in [5, 5.41) is 11.1. The van der Waals surface area contributed by atoms with E-state index in [0.29, 0.717) is 24.3 Å². The largest absolute Gasteiger partial charge is 0.338 e. The Labute approximate surface area is 186 Å². The van der Waals surface area contributed by atoms with E-state index in [0.717, 1.165) is 30.8 Å². The van der Waals surface area contributed by atoms with Crippen LogP contribution in [0.2, 0.25) is 0 Å². The van der Waals surface area contributed by atoms with Gasteiger partial charge in [0.1, 0.15) is 18.0 Å². The Balaban J connectivity index is 1.58. The van der Waals surface area contributed by atoms with E-state index in [2.05, 4.69) is 15.5 Å². The van der Waals surface area contributed by atoms with Crippen LogP contribution >= 0.6 is 0 Å². The molecule has 0 saturated carbocycles. The fourth-order valence-corrected chi connectivity index (χ4v) is 4.20. The van der Waals surface area contributed by atoms with Crippen LogP contribution in [0.4, 0.5) is 10.1 Å². The molecule has 32 heavy (non-hydrogen) atoms. The number of aryl methyl sites for hydroxylation is 2. The molecule has 0 radical (unpaired) electrons. The van der Waals surface area contributed by atoms with Gasteiger partial charge < -0.3 is 14.8 Å². The van der Waals surface area contributed by atoms with E-state index in [1.807, 2.05) is 24.5 Å². The highest BCUT2D eigenvalue weighted by Crippen LogP contribution is 2.29. The van der Waals surface area contributed by atoms with Crippen LogP contribution in [0.3, 0.4) is 0 Å². The Bertz CT molecular complexity index is 1140. The van der Waals surface area contributed by atoms with Crippen LogP contribution in [0.1, 0.15) is 57.8 Å². The molecule has 2 aromatic carbocycles. The van der Waals surface area contributed by atoms with Crippen molar-refractivity contribution in [3.8, 4) is 0 Å². The maximum atomic E-state index is 14.1. The molecule has 0 aliphatic carbocycles. The molecule has 2 heterocycles. The van der Waals surface area contributed by atoms with Crippen LogP contribution < -0.4 is 5.32 Å². The minimum atomic E-state index is -0.606. The number of nitrogens with zero attached hydrogens (tertiary/aromatic N) is 4. The van der Waals surface area contributed by atoms with E-state index in [9.17, 15) is 14.0 Å². The lowest BCUT2D eigenvalue weighted by atomic mass is 9.96. The topological polar surface area (TPSA) is 80.1 Å². The van der Waals surface area contributed by atoms with Gasteiger partial charge >= 0.3 is 0 Å². The predicted molar refractivity (Wildman–Crippen MR) is 119 cm³/mol. The number of piperidine rings is 1. The zero-order valence-corrected chi connectivity index (χ0v) is 18.2. The summed E-state index contributed by atoms with van der Waals surface area (Å²) in [4.78, 5) is 28.0. The second-order valence-corrected chi connectivity index (χ2v) is 8.00. The van der Waals surface area contributed by atoms with Gasteiger partial charge in [-0.1, -0.05) is 24.3 Å². The lowest BCUT2D eigenvalue weighted by Crippen LogP contribution is -2.40. The number of halogens is 1. The number of aromatic nitrogens is 3. The third kappa shape index (κ3) is 4.26. The van der Waals surface area contributed by atoms with Gasteiger partial charge in [0.2, 0.25) is 0 Å². The molecular formula is C24H26FN5O2. The van der Waals surface area contributed by atoms with E-state index in [4.69, 9.17) is 0 Å². The molecule has 1 aliphatic heterocycles. The number of para-hydroxylation sites is 1. The summed E-state index contributed by atoms with van der Waals surface area (Å²) in [6.45, 7) is 5.79. The number of nitrogens with one attached hydrogen (secondary N) is 1. The van der Waals surface area contributed by atoms with Crippen molar-refractivity contribution in [1.82, 2.24) is 19.7 Å². The number of carbonyl (C=O) groups excluding carboxylic acids is 2. The summed E-state index contributed by atoms with van der Waals surface area (Å²) in [7, 11) is 0. The van der Waals surface area contributed by atoms with Crippen molar-refractivity contribution in [2.75, 3.05) is 18.4 Å². The highest BCUT2D eigenvalue weighted by atomic mass is 19.1. The lowest BCUT2D eigenvalue weighted by Gasteiger charge is -2.33. The highest BCUT2D eigenvalue weighted by molar-refractivity contribution is 6.09. The normalized spacial score (nSPS) is 16.1. The molecule has 2 amide bonds. The monoisotopic (exact) mass is 435 g/mol. The maximum Gasteiger partial charge on any atom is 0.258 e. The van der Waals surface area contributed by atoms with E-state index >= 15 is 0 Å². The molecule has 1 atom stereocenters. The molecule has 1 unspecified atom stereocenters. The van der Waals surface area contributed by atoms with E-state index in [1.54, 1.807) is 29.4 Å². The molecule has 4 rings (SSSR count). The number of benzene rings is 2. The lowest BCUT2D eigenvalue weighted by molar-refractivity contribution is 0.0704. The molecule has 1 saturated heterocycles. The van der Waals surface area contributed by atoms with Gasteiger partial charge in [-0.2, -0.15) is 0 Å². The fourth-order valence-electron chi connectivity index (χ4n) is 4.20. The zero-order valence-electron chi connectivity index (χ0n) is 18.2. The Morgan fingerprint density at radius 3 is 2.72 bits per heavy atom. The van der Waals surface area contributed by atoms with Crippen molar-refractivity contribution in [2.24, 2.45) is 0 Å². The van der Waals surface area contributed by atoms with Gasteiger partial charge in [-0.3, -0.25) is 9.59 Å². The number of hydrogen-bond acceptors (Lipinski definition) is 4. The summed E-state index contributed by atoms with van der Waals surface area (Å²) in [5.41, 5.74) is 1.47. The SMILES string of the molecule is CCn1cnnc1C1CCCN(C(=O)c2cccc(C)c2NC(=O)c2ccccc2F)C1. The smallest absolute Gasteiger partial charge is 0.258 e. The van der Waals surface area contributed by atoms with Gasteiger partial charge in [-0.15, -0.1) is 10.2 Å². The summed E-state index contributed by atoms with van der Waals surface area (Å²) < 4.78 is 16.1. The van der Waals surface area contributed by atoms with Crippen molar-refractivity contribution in [3.05, 3.63) is 77.1 Å². The van der Waals surface area contributed by atoms with Gasteiger partial charge in [0.25, 0.3) is 11.8 Å². The van der Waals surface area contributed by atoms with Crippen molar-refractivity contribution in [2.45, 2.75) is 39.2 Å². The summed E-state index contributed by atoms with van der Waals surface area (Å²) >= 11 is 0. The van der Waals surface area contributed by atoms with Crippen molar-refractivity contribution < 1.29 is 14.0 Å². The molecule has 166 valence electrons. The minimum absolute atomic E-state index is 0.0638. The van der Waals surface area contributed by atoms with Crippen molar-refractivity contribution >= 4 is 17.5 Å². The first kappa shape index (κ1) is 21.7. The fraction of sp³-hybridized carbons (Fsp3) is 0.333. The Hall–Kier alpha value is -3.55. The molecule has 1 N–H and O–H groups in total. The molecule has 7 nitrogen and oxygen atoms in total. The number of amides is 2. The molecule has 0 bridgehead atoms. The summed E-state index contributed by atoms with van der Waals surface area (Å²) in [6, 6.07) is 11.1. The van der Waals surface area contributed by atoms with Crippen LogP contribution in [0, 0.1) is 12.7 Å². The van der Waals surface area contributed by atoms with Gasteiger partial charge in [-0.25, -0.2) is 4.39 Å². The Morgan fingerprint density at radius 1 is 1.16 bits per heavy atom. The Morgan fingerprint density at radius 2 is 1.94 bits per heavy atom. The van der Waals surface area contributed by atoms with Crippen LogP contribution in [-0.2, 0) is 6.54 Å². The summed E-state index contributed by atoms with van der Waals surface area (Å²) in [6.07, 6.45) is 3.51. The van der Waals surface area contributed by atoms with E-state index < -0.39 is 11.7 Å². The average Bonchev–Trinajstić information content (AvgIpc) is 3.29. The van der Waals surface area contributed by atoms with Crippen LogP contribution in [-0.4, -0.2) is 44.6 Å². The Kier molecular flexibility index (Phi) is 6.30. The number of hydrogen-bond donors (Lipinski definition) is 1. The van der Waals surface area contributed by atoms with Gasteiger partial charge in [0, 0.05) is 25.6 Å². The van der Waals surface area contributed by atoms with Crippen LogP contribution in [0.5, 0.6) is 0 Å². The molecular weight excluding hydrogens is 409 g/mol. The van der Waals surface area contributed by atoms with Crippen LogP contribution in [0.25, 0.3) is 0 Å². The second kappa shape index (κ2) is 9.30. The molecule has 1 fully saturated rings. The highest BCUT2D eigenvalue weighted by Gasteiger charge is 2.30. The van der Waals surface area contributed by atoms with Crippen LogP contribution in [0.15, 0.2) is 48.8 Å². The molecule has 3 aromatic rings. The van der Waals surface area contributed by atoms with E-state index in [1.165, 1.54) is 18.2 Å². The molecule has 8 heteroatoms. The average molecular weight is 436 g/mol. The maximum absolute atomic E-state index is 14.1. The zero-order chi connectivity index (χ0) is 22.7. The van der Waals surface area contributed by atoms with E-state index in [-0.39, 0.29) is 17.4 Å². The summed E-state index contributed by atoms with van der Waals surface area (Å²) in [5.74, 6) is -0.354. The first-order valence-corrected chi connectivity index (χ1v) is 10.8. The van der Waals surface area contributed by atoms with Gasteiger partial charge in [-0.05, 0) is 50.5 Å². The number of carbonyl (C=O) groups is 2.